The van der Waals surface area contributed by atoms with Gasteiger partial charge in [-0.15, -0.1) is 14.8 Å². The van der Waals surface area contributed by atoms with E-state index in [0.717, 1.165) is 31.7 Å². The van der Waals surface area contributed by atoms with Crippen LogP contribution in [0.15, 0.2) is 30.3 Å². The molecule has 1 aliphatic carbocycles. The van der Waals surface area contributed by atoms with E-state index in [0.29, 0.717) is 12.2 Å². The van der Waals surface area contributed by atoms with Gasteiger partial charge in [-0.3, -0.25) is 4.79 Å². The molecule has 2 aliphatic rings. The number of nitrogens with zero attached hydrogens (tertiary/aromatic N) is 6. The third-order valence-corrected chi connectivity index (χ3v) is 5.87. The number of aromatic nitrogens is 5. The van der Waals surface area contributed by atoms with Crippen molar-refractivity contribution >= 4 is 17.4 Å². The van der Waals surface area contributed by atoms with E-state index in [9.17, 15) is 4.79 Å². The first-order valence-electron chi connectivity index (χ1n) is 9.95. The van der Waals surface area contributed by atoms with Crippen molar-refractivity contribution in [1.82, 2.24) is 30.6 Å². The molecule has 3 aromatic rings. The number of carbonyl (C=O) groups is 1. The van der Waals surface area contributed by atoms with Crippen LogP contribution in [0.3, 0.4) is 0 Å². The lowest BCUT2D eigenvalue weighted by molar-refractivity contribution is -0.125. The molecule has 1 saturated heterocycles. The molecule has 2 aromatic heterocycles. The molecule has 144 valence electrons. The third kappa shape index (κ3) is 3.30. The quantitative estimate of drug-likeness (QED) is 0.742. The van der Waals surface area contributed by atoms with Gasteiger partial charge in [-0.1, -0.05) is 18.2 Å². The first kappa shape index (κ1) is 17.1. The first-order chi connectivity index (χ1) is 13.8. The highest BCUT2D eigenvalue weighted by molar-refractivity contribution is 5.79. The molecular formula is C20H23N7O. The highest BCUT2D eigenvalue weighted by Crippen LogP contribution is 2.24. The molecule has 0 saturated carbocycles. The molecule has 28 heavy (non-hydrogen) atoms. The van der Waals surface area contributed by atoms with Crippen molar-refractivity contribution in [3.05, 3.63) is 47.0 Å². The summed E-state index contributed by atoms with van der Waals surface area (Å²) >= 11 is 0. The molecule has 8 heteroatoms. The largest absolute Gasteiger partial charge is 0.355 e. The topological polar surface area (TPSA) is 88.3 Å². The molecule has 3 heterocycles. The van der Waals surface area contributed by atoms with Gasteiger partial charge in [0.2, 0.25) is 5.91 Å². The summed E-state index contributed by atoms with van der Waals surface area (Å²) in [5, 5.41) is 18.9. The minimum absolute atomic E-state index is 0.0578. The van der Waals surface area contributed by atoms with Crippen LogP contribution < -0.4 is 10.2 Å². The highest BCUT2D eigenvalue weighted by atomic mass is 16.1. The van der Waals surface area contributed by atoms with E-state index in [1.54, 1.807) is 0 Å². The van der Waals surface area contributed by atoms with Crippen LogP contribution >= 0.6 is 0 Å². The summed E-state index contributed by atoms with van der Waals surface area (Å²) in [5.41, 5.74) is 4.75. The average Bonchev–Trinajstić information content (AvgIpc) is 3.40. The van der Waals surface area contributed by atoms with E-state index in [1.807, 2.05) is 12.1 Å². The molecule has 8 nitrogen and oxygen atoms in total. The number of hydrogen-bond acceptors (Lipinski definition) is 6. The maximum absolute atomic E-state index is 12.6. The lowest BCUT2D eigenvalue weighted by Gasteiger charge is -2.31. The van der Waals surface area contributed by atoms with Crippen LogP contribution in [-0.2, 0) is 24.2 Å². The van der Waals surface area contributed by atoms with Gasteiger partial charge < -0.3 is 10.2 Å². The molecule has 0 atom stereocenters. The van der Waals surface area contributed by atoms with Gasteiger partial charge in [0.1, 0.15) is 0 Å². The van der Waals surface area contributed by atoms with E-state index >= 15 is 0 Å². The molecule has 0 radical (unpaired) electrons. The summed E-state index contributed by atoms with van der Waals surface area (Å²) in [6.45, 7) is 2.22. The Labute approximate surface area is 162 Å². The van der Waals surface area contributed by atoms with Gasteiger partial charge in [-0.2, -0.15) is 0 Å². The van der Waals surface area contributed by atoms with Crippen LogP contribution in [0.25, 0.3) is 5.65 Å². The van der Waals surface area contributed by atoms with E-state index in [4.69, 9.17) is 0 Å². The molecule has 0 spiro atoms. The van der Waals surface area contributed by atoms with Gasteiger partial charge in [-0.05, 0) is 71.4 Å². The van der Waals surface area contributed by atoms with Crippen LogP contribution in [0, 0.1) is 5.92 Å². The Morgan fingerprint density at radius 1 is 1.11 bits per heavy atom. The van der Waals surface area contributed by atoms with Crippen LogP contribution in [-0.4, -0.2) is 44.3 Å². The van der Waals surface area contributed by atoms with E-state index in [2.05, 4.69) is 49.0 Å². The molecule has 0 bridgehead atoms. The number of amides is 1. The van der Waals surface area contributed by atoms with Gasteiger partial charge in [0.25, 0.3) is 0 Å². The van der Waals surface area contributed by atoms with Crippen molar-refractivity contribution in [2.75, 3.05) is 18.0 Å². The number of hydrogen-bond donors (Lipinski definition) is 1. The van der Waals surface area contributed by atoms with Crippen LogP contribution in [0.4, 0.5) is 5.82 Å². The van der Waals surface area contributed by atoms with Gasteiger partial charge in [0.15, 0.2) is 11.5 Å². The molecule has 5 rings (SSSR count). The summed E-state index contributed by atoms with van der Waals surface area (Å²) in [7, 11) is 0. The van der Waals surface area contributed by atoms with Crippen molar-refractivity contribution in [1.29, 1.82) is 0 Å². The number of anilines is 1. The number of carbonyl (C=O) groups excluding carboxylic acids is 1. The Morgan fingerprint density at radius 2 is 1.96 bits per heavy atom. The fourth-order valence-electron chi connectivity index (χ4n) is 4.25. The number of benzene rings is 1. The first-order valence-corrected chi connectivity index (χ1v) is 9.95. The van der Waals surface area contributed by atoms with Crippen molar-refractivity contribution in [3.63, 3.8) is 0 Å². The smallest absolute Gasteiger partial charge is 0.223 e. The second-order valence-electron chi connectivity index (χ2n) is 7.65. The Bertz CT molecular complexity index is 1010. The fraction of sp³-hybridized carbons (Fsp3) is 0.450. The average molecular weight is 377 g/mol. The van der Waals surface area contributed by atoms with Crippen molar-refractivity contribution in [3.8, 4) is 0 Å². The molecule has 1 fully saturated rings. The minimum Gasteiger partial charge on any atom is -0.355 e. The number of piperidine rings is 1. The van der Waals surface area contributed by atoms with Gasteiger partial charge in [0, 0.05) is 25.6 Å². The third-order valence-electron chi connectivity index (χ3n) is 5.87. The standard InChI is InChI=1S/C20H23N7O/c28-20(21-13-14-4-5-15-2-1-3-17(15)12-14)16-8-10-26(11-9-16)19-7-6-18-22-24-25-27(18)23-19/h4-7,12,16H,1-3,8-11,13H2,(H,21,28). The molecular weight excluding hydrogens is 354 g/mol. The molecule has 1 aliphatic heterocycles. The summed E-state index contributed by atoms with van der Waals surface area (Å²) < 4.78 is 1.44. The van der Waals surface area contributed by atoms with Crippen molar-refractivity contribution < 1.29 is 4.79 Å². The lowest BCUT2D eigenvalue weighted by atomic mass is 9.95. The van der Waals surface area contributed by atoms with E-state index in [1.165, 1.54) is 40.6 Å². The second kappa shape index (κ2) is 7.18. The van der Waals surface area contributed by atoms with E-state index < -0.39 is 0 Å². The Hall–Kier alpha value is -3.03. The number of nitrogens with one attached hydrogen (secondary N) is 1. The second-order valence-corrected chi connectivity index (χ2v) is 7.65. The number of rotatable bonds is 4. The van der Waals surface area contributed by atoms with Crippen LogP contribution in [0.1, 0.15) is 36.0 Å². The fourth-order valence-corrected chi connectivity index (χ4v) is 4.25. The zero-order valence-electron chi connectivity index (χ0n) is 15.7. The summed E-state index contributed by atoms with van der Waals surface area (Å²) in [6, 6.07) is 10.4. The molecule has 0 unspecified atom stereocenters. The van der Waals surface area contributed by atoms with Gasteiger partial charge in [0.05, 0.1) is 0 Å². The molecule has 1 amide bonds. The summed E-state index contributed by atoms with van der Waals surface area (Å²) in [5.74, 6) is 1.06. The Balaban J connectivity index is 1.15. The van der Waals surface area contributed by atoms with Crippen LogP contribution in [0.2, 0.25) is 0 Å². The lowest BCUT2D eigenvalue weighted by Crippen LogP contribution is -2.40. The van der Waals surface area contributed by atoms with Crippen molar-refractivity contribution in [2.45, 2.75) is 38.6 Å². The zero-order valence-corrected chi connectivity index (χ0v) is 15.7. The van der Waals surface area contributed by atoms with Crippen LogP contribution in [0.5, 0.6) is 0 Å². The maximum Gasteiger partial charge on any atom is 0.223 e. The Morgan fingerprint density at radius 3 is 2.86 bits per heavy atom. The normalized spacial score (nSPS) is 17.1. The predicted molar refractivity (Wildman–Crippen MR) is 104 cm³/mol. The zero-order chi connectivity index (χ0) is 18.9. The molecule has 1 aromatic carbocycles. The van der Waals surface area contributed by atoms with Gasteiger partial charge in [-0.25, -0.2) is 0 Å². The van der Waals surface area contributed by atoms with E-state index in [-0.39, 0.29) is 11.8 Å². The predicted octanol–water partition coefficient (Wildman–Crippen LogP) is 1.54. The maximum atomic E-state index is 12.6. The number of aryl methyl sites for hydroxylation is 2. The van der Waals surface area contributed by atoms with Crippen molar-refractivity contribution in [2.24, 2.45) is 5.92 Å². The highest BCUT2D eigenvalue weighted by Gasteiger charge is 2.26. The number of tetrazole rings is 1. The SMILES string of the molecule is O=C(NCc1ccc2c(c1)CCC2)C1CCN(c2ccc3nnnn3n2)CC1. The summed E-state index contributed by atoms with van der Waals surface area (Å²) in [6.07, 6.45) is 5.26. The van der Waals surface area contributed by atoms with Gasteiger partial charge >= 0.3 is 0 Å². The Kier molecular flexibility index (Phi) is 4.38. The number of fused-ring (bicyclic) bond motifs is 2. The molecule has 1 N–H and O–H groups in total. The summed E-state index contributed by atoms with van der Waals surface area (Å²) in [4.78, 5) is 14.8. The monoisotopic (exact) mass is 377 g/mol. The minimum atomic E-state index is 0.0578.